The van der Waals surface area contributed by atoms with Gasteiger partial charge in [0, 0.05) is 35.1 Å². The first-order valence-electron chi connectivity index (χ1n) is 8.86. The summed E-state index contributed by atoms with van der Waals surface area (Å²) in [6.45, 7) is 9.64. The van der Waals surface area contributed by atoms with Crippen LogP contribution in [-0.2, 0) is 13.6 Å². The molecule has 0 fully saturated rings. The summed E-state index contributed by atoms with van der Waals surface area (Å²) < 4.78 is 1.72. The van der Waals surface area contributed by atoms with Crippen molar-refractivity contribution in [1.29, 1.82) is 0 Å². The van der Waals surface area contributed by atoms with Gasteiger partial charge in [-0.3, -0.25) is 9.48 Å². The van der Waals surface area contributed by atoms with Crippen molar-refractivity contribution in [2.24, 2.45) is 12.8 Å². The van der Waals surface area contributed by atoms with E-state index in [2.05, 4.69) is 20.1 Å². The highest BCUT2D eigenvalue weighted by molar-refractivity contribution is 6.31. The van der Waals surface area contributed by atoms with Crippen molar-refractivity contribution in [3.05, 3.63) is 74.6 Å². The maximum absolute atomic E-state index is 12.1. The normalized spacial score (nSPS) is 11.0. The minimum Gasteiger partial charge on any atom is -0.325 e. The second-order valence-electron chi connectivity index (χ2n) is 6.72. The number of aryl methyl sites for hydroxylation is 2. The fraction of sp³-hybridized carbons (Fsp3) is 0.143. The van der Waals surface area contributed by atoms with Crippen molar-refractivity contribution in [2.75, 3.05) is 0 Å². The second-order valence-corrected chi connectivity index (χ2v) is 7.13. The lowest BCUT2D eigenvalue weighted by Gasteiger charge is -2.12. The number of H-pyrrole nitrogens is 1. The smallest absolute Gasteiger partial charge is 0.272 e. The van der Waals surface area contributed by atoms with E-state index in [9.17, 15) is 4.79 Å². The molecule has 2 aromatic heterocycles. The molecule has 4 aromatic rings. The molecular weight excluding hydrogens is 388 g/mol. The van der Waals surface area contributed by atoms with E-state index in [4.69, 9.17) is 23.9 Å². The highest BCUT2D eigenvalue weighted by atomic mass is 35.5. The van der Waals surface area contributed by atoms with Crippen LogP contribution in [-0.4, -0.2) is 20.0 Å². The molecule has 3 N–H and O–H groups in total. The lowest BCUT2D eigenvalue weighted by atomic mass is 9.97. The van der Waals surface area contributed by atoms with E-state index >= 15 is 0 Å². The SMILES string of the molecule is [C-]#[N+]c1cc(C)c(Cl)cc1-c1c(-c2ccc3c(=O)[nH]nc(CN)c3c2)cnn1C. The second kappa shape index (κ2) is 7.17. The molecule has 0 atom stereocenters. The third-order valence-corrected chi connectivity index (χ3v) is 5.37. The van der Waals surface area contributed by atoms with E-state index in [1.165, 1.54) is 0 Å². The highest BCUT2D eigenvalue weighted by Gasteiger charge is 2.18. The van der Waals surface area contributed by atoms with Crippen molar-refractivity contribution < 1.29 is 0 Å². The van der Waals surface area contributed by atoms with Crippen LogP contribution < -0.4 is 11.3 Å². The number of nitrogens with two attached hydrogens (primary N) is 1. The van der Waals surface area contributed by atoms with Crippen molar-refractivity contribution in [3.8, 4) is 22.4 Å². The molecule has 144 valence electrons. The number of benzene rings is 2. The number of nitrogens with one attached hydrogen (secondary N) is 1. The van der Waals surface area contributed by atoms with E-state index in [1.807, 2.05) is 26.1 Å². The van der Waals surface area contributed by atoms with Crippen molar-refractivity contribution >= 4 is 28.1 Å². The molecule has 0 amide bonds. The summed E-state index contributed by atoms with van der Waals surface area (Å²) in [5, 5.41) is 12.7. The highest BCUT2D eigenvalue weighted by Crippen LogP contribution is 2.40. The molecule has 0 radical (unpaired) electrons. The summed E-state index contributed by atoms with van der Waals surface area (Å²) in [6, 6.07) is 9.06. The van der Waals surface area contributed by atoms with Gasteiger partial charge < -0.3 is 5.73 Å². The molecular formula is C21H17ClN6O. The number of aromatic amines is 1. The Morgan fingerprint density at radius 3 is 2.76 bits per heavy atom. The van der Waals surface area contributed by atoms with Crippen LogP contribution in [0.3, 0.4) is 0 Å². The van der Waals surface area contributed by atoms with Gasteiger partial charge in [-0.1, -0.05) is 23.7 Å². The van der Waals surface area contributed by atoms with E-state index in [-0.39, 0.29) is 12.1 Å². The zero-order valence-corrected chi connectivity index (χ0v) is 16.6. The van der Waals surface area contributed by atoms with Crippen LogP contribution in [0.2, 0.25) is 5.02 Å². The Hall–Kier alpha value is -3.47. The van der Waals surface area contributed by atoms with Crippen LogP contribution >= 0.6 is 11.6 Å². The van der Waals surface area contributed by atoms with Gasteiger partial charge in [0.25, 0.3) is 5.56 Å². The molecule has 0 aliphatic rings. The minimum atomic E-state index is -0.268. The summed E-state index contributed by atoms with van der Waals surface area (Å²) in [6.07, 6.45) is 1.74. The zero-order chi connectivity index (χ0) is 20.7. The number of hydrogen-bond donors (Lipinski definition) is 2. The molecule has 29 heavy (non-hydrogen) atoms. The average molecular weight is 405 g/mol. The third kappa shape index (κ3) is 3.09. The van der Waals surface area contributed by atoms with Crippen LogP contribution in [0.15, 0.2) is 41.3 Å². The summed E-state index contributed by atoms with van der Waals surface area (Å²) in [4.78, 5) is 15.8. The van der Waals surface area contributed by atoms with Gasteiger partial charge >= 0.3 is 0 Å². The standard InChI is InChI=1S/C21H17ClN6O/c1-11-6-18(24-2)15(8-17(11)22)20-16(10-25-28(20)3)12-4-5-13-14(7-12)19(9-23)26-27-21(13)29/h4-8,10H,9,23H2,1,3H3,(H,27,29). The van der Waals surface area contributed by atoms with Crippen molar-refractivity contribution in [1.82, 2.24) is 20.0 Å². The van der Waals surface area contributed by atoms with Crippen molar-refractivity contribution in [3.63, 3.8) is 0 Å². The van der Waals surface area contributed by atoms with E-state index in [1.54, 1.807) is 29.1 Å². The van der Waals surface area contributed by atoms with Crippen LogP contribution in [0.25, 0.3) is 38.0 Å². The molecule has 2 aromatic carbocycles. The number of nitrogens with zero attached hydrogens (tertiary/aromatic N) is 4. The van der Waals surface area contributed by atoms with Gasteiger partial charge in [-0.2, -0.15) is 10.2 Å². The summed E-state index contributed by atoms with van der Waals surface area (Å²) in [5.74, 6) is 0. The van der Waals surface area contributed by atoms with Crippen LogP contribution in [0.1, 0.15) is 11.3 Å². The first-order valence-corrected chi connectivity index (χ1v) is 9.24. The van der Waals surface area contributed by atoms with Gasteiger partial charge in [-0.15, -0.1) is 0 Å². The summed E-state index contributed by atoms with van der Waals surface area (Å²) in [7, 11) is 1.82. The Labute approximate surface area is 171 Å². The van der Waals surface area contributed by atoms with E-state index < -0.39 is 0 Å². The third-order valence-electron chi connectivity index (χ3n) is 4.96. The van der Waals surface area contributed by atoms with Gasteiger partial charge in [-0.25, -0.2) is 9.94 Å². The maximum atomic E-state index is 12.1. The van der Waals surface area contributed by atoms with Crippen LogP contribution in [0.5, 0.6) is 0 Å². The van der Waals surface area contributed by atoms with Crippen LogP contribution in [0, 0.1) is 13.5 Å². The Balaban J connectivity index is 2.00. The number of fused-ring (bicyclic) bond motifs is 1. The lowest BCUT2D eigenvalue weighted by molar-refractivity contribution is 0.776. The molecule has 7 nitrogen and oxygen atoms in total. The summed E-state index contributed by atoms with van der Waals surface area (Å²) in [5.41, 5.74) is 10.6. The number of rotatable bonds is 3. The molecule has 0 spiro atoms. The minimum absolute atomic E-state index is 0.200. The first kappa shape index (κ1) is 18.9. The Kier molecular flexibility index (Phi) is 4.66. The number of hydrogen-bond acceptors (Lipinski definition) is 4. The maximum Gasteiger partial charge on any atom is 0.272 e. The zero-order valence-electron chi connectivity index (χ0n) is 15.8. The van der Waals surface area contributed by atoms with Gasteiger partial charge in [0.1, 0.15) is 0 Å². The monoisotopic (exact) mass is 404 g/mol. The van der Waals surface area contributed by atoms with Crippen LogP contribution in [0.4, 0.5) is 5.69 Å². The van der Waals surface area contributed by atoms with Gasteiger partial charge in [-0.05, 0) is 36.2 Å². The lowest BCUT2D eigenvalue weighted by Crippen LogP contribution is -2.13. The molecule has 2 heterocycles. The quantitative estimate of drug-likeness (QED) is 0.505. The molecule has 0 saturated heterocycles. The molecule has 0 aliphatic carbocycles. The number of halogens is 1. The summed E-state index contributed by atoms with van der Waals surface area (Å²) >= 11 is 6.35. The van der Waals surface area contributed by atoms with E-state index in [0.29, 0.717) is 32.7 Å². The van der Waals surface area contributed by atoms with Gasteiger partial charge in [0.2, 0.25) is 0 Å². The predicted molar refractivity (Wildman–Crippen MR) is 114 cm³/mol. The van der Waals surface area contributed by atoms with E-state index in [0.717, 1.165) is 22.4 Å². The number of aromatic nitrogens is 4. The fourth-order valence-electron chi connectivity index (χ4n) is 3.46. The molecule has 0 unspecified atom stereocenters. The molecule has 0 saturated carbocycles. The molecule has 8 heteroatoms. The van der Waals surface area contributed by atoms with Gasteiger partial charge in [0.15, 0.2) is 5.69 Å². The molecule has 0 aliphatic heterocycles. The molecule has 4 rings (SSSR count). The fourth-order valence-corrected chi connectivity index (χ4v) is 3.62. The topological polar surface area (TPSA) is 93.9 Å². The first-order chi connectivity index (χ1) is 13.9. The molecule has 0 bridgehead atoms. The predicted octanol–water partition coefficient (Wildman–Crippen LogP) is 3.96. The average Bonchev–Trinajstić information content (AvgIpc) is 3.11. The van der Waals surface area contributed by atoms with Crippen molar-refractivity contribution in [2.45, 2.75) is 13.5 Å². The Morgan fingerprint density at radius 1 is 1.24 bits per heavy atom. The Morgan fingerprint density at radius 2 is 2.03 bits per heavy atom. The largest absolute Gasteiger partial charge is 0.325 e. The Bertz CT molecular complexity index is 1360. The van der Waals surface area contributed by atoms with Gasteiger partial charge in [0.05, 0.1) is 29.5 Å².